The molecule has 1 aliphatic heterocycles. The van der Waals surface area contributed by atoms with Crippen molar-refractivity contribution >= 4 is 29.8 Å². The zero-order valence-electron chi connectivity index (χ0n) is 32.1. The number of carbonyl (C=O) groups excluding carboxylic acids is 5. The van der Waals surface area contributed by atoms with Gasteiger partial charge >= 0.3 is 24.0 Å². The van der Waals surface area contributed by atoms with Crippen LogP contribution in [0.2, 0.25) is 0 Å². The number of carbonyl (C=O) groups is 5. The fourth-order valence-electron chi connectivity index (χ4n) is 8.71. The summed E-state index contributed by atoms with van der Waals surface area (Å²) in [5.74, 6) is -5.92. The molecule has 5 N–H and O–H groups in total. The highest BCUT2D eigenvalue weighted by Gasteiger charge is 2.79. The van der Waals surface area contributed by atoms with Crippen LogP contribution in [0.15, 0.2) is 72.3 Å². The maximum Gasteiger partial charge on any atom is 0.408 e. The van der Waals surface area contributed by atoms with Crippen LogP contribution in [0.3, 0.4) is 0 Å². The van der Waals surface area contributed by atoms with Crippen LogP contribution >= 0.6 is 0 Å². The number of rotatable bonds is 8. The van der Waals surface area contributed by atoms with Gasteiger partial charge in [-0.2, -0.15) is 0 Å². The molecule has 15 nitrogen and oxygen atoms in total. The Kier molecular flexibility index (Phi) is 10.7. The van der Waals surface area contributed by atoms with Gasteiger partial charge in [0.15, 0.2) is 17.0 Å². The summed E-state index contributed by atoms with van der Waals surface area (Å²) in [4.78, 5) is 67.8. The van der Waals surface area contributed by atoms with Crippen molar-refractivity contribution in [1.82, 2.24) is 5.32 Å². The number of nitrogens with one attached hydrogen (secondary N) is 1. The fourth-order valence-corrected chi connectivity index (χ4v) is 8.71. The molecule has 2 bridgehead atoms. The number of benzene rings is 2. The first kappa shape index (κ1) is 41.0. The molecule has 6 rings (SSSR count). The molecule has 1 saturated heterocycles. The molecule has 56 heavy (non-hydrogen) atoms. The zero-order chi connectivity index (χ0) is 41.0. The van der Waals surface area contributed by atoms with E-state index in [4.69, 9.17) is 23.7 Å². The Labute approximate surface area is 323 Å². The van der Waals surface area contributed by atoms with E-state index in [9.17, 15) is 44.4 Å². The Morgan fingerprint density at radius 1 is 0.964 bits per heavy atom. The van der Waals surface area contributed by atoms with Gasteiger partial charge in [0.05, 0.1) is 36.7 Å². The predicted octanol–water partition coefficient (Wildman–Crippen LogP) is 2.62. The van der Waals surface area contributed by atoms with E-state index in [-0.39, 0.29) is 11.1 Å². The van der Waals surface area contributed by atoms with Crippen LogP contribution in [0.5, 0.6) is 0 Å². The highest BCUT2D eigenvalue weighted by molar-refractivity contribution is 5.96. The molecular formula is C41H49NO14. The highest BCUT2D eigenvalue weighted by Crippen LogP contribution is 2.61. The Hall–Kier alpha value is -4.67. The predicted molar refractivity (Wildman–Crippen MR) is 194 cm³/mol. The number of ketones is 1. The van der Waals surface area contributed by atoms with E-state index in [0.717, 1.165) is 6.92 Å². The van der Waals surface area contributed by atoms with Crippen molar-refractivity contribution < 1.29 is 68.1 Å². The van der Waals surface area contributed by atoms with Gasteiger partial charge in [-0.1, -0.05) is 62.4 Å². The maximum absolute atomic E-state index is 14.5. The van der Waals surface area contributed by atoms with E-state index >= 15 is 0 Å². The lowest BCUT2D eigenvalue weighted by molar-refractivity contribution is -0.356. The SMILES string of the molecule is CC(=O)O[C@@]12CO[C@@H]1C[C@H](O)[C@@]1(O)C(=O)[C@H](O)C3=C[C@@H](OC(=O)C[C@@H](NC(=O)OC(C)(C)C)c4ccccc4)C[C@@](O)([C@@H](OC(=O)c4ccccc4)[C@H]21)C3(C)C. The number of aliphatic hydroxyl groups excluding tert-OH is 2. The van der Waals surface area contributed by atoms with Crippen LogP contribution in [0, 0.1) is 11.3 Å². The summed E-state index contributed by atoms with van der Waals surface area (Å²) in [6.45, 7) is 8.72. The molecule has 3 aliphatic carbocycles. The number of hydrogen-bond donors (Lipinski definition) is 5. The minimum atomic E-state index is -2.96. The summed E-state index contributed by atoms with van der Waals surface area (Å²) in [5, 5.41) is 51.7. The van der Waals surface area contributed by atoms with Gasteiger partial charge in [-0.05, 0) is 50.1 Å². The molecule has 1 amide bonds. The molecule has 0 spiro atoms. The molecule has 2 aromatic carbocycles. The molecule has 1 heterocycles. The van der Waals surface area contributed by atoms with Crippen molar-refractivity contribution in [2.45, 2.75) is 120 Å². The van der Waals surface area contributed by atoms with E-state index in [1.807, 2.05) is 0 Å². The van der Waals surface area contributed by atoms with Crippen molar-refractivity contribution in [2.75, 3.05) is 6.61 Å². The average Bonchev–Trinajstić information content (AvgIpc) is 3.11. The van der Waals surface area contributed by atoms with E-state index in [1.54, 1.807) is 69.3 Å². The monoisotopic (exact) mass is 779 g/mol. The van der Waals surface area contributed by atoms with E-state index in [2.05, 4.69) is 5.32 Å². The van der Waals surface area contributed by atoms with Gasteiger partial charge in [0.25, 0.3) is 0 Å². The number of alkyl carbamates (subject to hydrolysis) is 1. The molecule has 3 fully saturated rings. The molecule has 302 valence electrons. The molecule has 2 saturated carbocycles. The second-order valence-corrected chi connectivity index (χ2v) is 16.6. The standard InChI is InChI=1S/C41H49NO14/c1-22(43)55-39-21-52-29(39)19-28(44)41(51)32(39)34(54-35(48)24-15-11-8-12-16-24)40(50)20-25(17-26(38(40,5)6)31(46)33(41)47)53-30(45)18-27(23-13-9-7-10-14-23)42-36(49)56-37(2,3)4/h7-17,25,27-29,31-32,34,44,46,50-51H,18-21H2,1-6H3,(H,42,49)/t25-,27-,28+,29-,31-,32-,34+,39+,40-,41+/m1/s1. The molecule has 10 atom stereocenters. The lowest BCUT2D eigenvalue weighted by atomic mass is 9.48. The van der Waals surface area contributed by atoms with Gasteiger partial charge in [-0.15, -0.1) is 0 Å². The first-order chi connectivity index (χ1) is 26.1. The lowest BCUT2D eigenvalue weighted by Crippen LogP contribution is -2.84. The molecular weight excluding hydrogens is 730 g/mol. The Morgan fingerprint density at radius 2 is 1.59 bits per heavy atom. The number of amides is 1. The molecule has 4 aliphatic rings. The largest absolute Gasteiger partial charge is 0.458 e. The van der Waals surface area contributed by atoms with Crippen LogP contribution in [0.1, 0.15) is 82.8 Å². The molecule has 15 heteroatoms. The minimum absolute atomic E-state index is 0.0316. The normalized spacial score (nSPS) is 33.7. The zero-order valence-corrected chi connectivity index (χ0v) is 32.1. The van der Waals surface area contributed by atoms with Crippen LogP contribution in [0.4, 0.5) is 4.79 Å². The van der Waals surface area contributed by atoms with Crippen molar-refractivity contribution in [3.63, 3.8) is 0 Å². The van der Waals surface area contributed by atoms with Gasteiger partial charge in [0.2, 0.25) is 0 Å². The van der Waals surface area contributed by atoms with Crippen molar-refractivity contribution in [3.8, 4) is 0 Å². The third-order valence-corrected chi connectivity index (χ3v) is 11.5. The van der Waals surface area contributed by atoms with Gasteiger partial charge in [0, 0.05) is 25.2 Å². The molecule has 0 aromatic heterocycles. The molecule has 2 aromatic rings. The first-order valence-electron chi connectivity index (χ1n) is 18.5. The third-order valence-electron chi connectivity index (χ3n) is 11.5. The summed E-state index contributed by atoms with van der Waals surface area (Å²) in [5.41, 5.74) is -9.40. The number of esters is 3. The fraction of sp³-hybridized carbons (Fsp3) is 0.537. The van der Waals surface area contributed by atoms with Crippen molar-refractivity contribution in [1.29, 1.82) is 0 Å². The number of ether oxygens (including phenoxy) is 5. The number of fused-ring (bicyclic) bond motifs is 5. The summed E-state index contributed by atoms with van der Waals surface area (Å²) in [7, 11) is 0. The first-order valence-corrected chi connectivity index (χ1v) is 18.5. The second kappa shape index (κ2) is 14.7. The molecule has 0 radical (unpaired) electrons. The number of aliphatic hydroxyl groups is 4. The topological polar surface area (TPSA) is 224 Å². The lowest BCUT2D eigenvalue weighted by Gasteiger charge is -2.66. The Morgan fingerprint density at radius 3 is 2.16 bits per heavy atom. The minimum Gasteiger partial charge on any atom is -0.458 e. The third kappa shape index (κ3) is 7.11. The second-order valence-electron chi connectivity index (χ2n) is 16.6. The van der Waals surface area contributed by atoms with Crippen LogP contribution in [0.25, 0.3) is 0 Å². The Bertz CT molecular complexity index is 1890. The summed E-state index contributed by atoms with van der Waals surface area (Å²) < 4.78 is 29.0. The van der Waals surface area contributed by atoms with Crippen molar-refractivity contribution in [2.24, 2.45) is 11.3 Å². The number of Topliss-reactive ketones (excluding diaryl/α,β-unsaturated/α-hetero) is 1. The van der Waals surface area contributed by atoms with Gasteiger partial charge in [-0.3, -0.25) is 14.4 Å². The van der Waals surface area contributed by atoms with Gasteiger partial charge in [-0.25, -0.2) is 9.59 Å². The highest BCUT2D eigenvalue weighted by atomic mass is 16.6. The molecule has 0 unspecified atom stereocenters. The Balaban J connectivity index is 1.44. The maximum atomic E-state index is 14.5. The van der Waals surface area contributed by atoms with E-state index < -0.39 is 126 Å². The summed E-state index contributed by atoms with van der Waals surface area (Å²) >= 11 is 0. The van der Waals surface area contributed by atoms with Crippen LogP contribution in [-0.2, 0) is 38.1 Å². The van der Waals surface area contributed by atoms with Crippen LogP contribution < -0.4 is 5.32 Å². The average molecular weight is 780 g/mol. The summed E-state index contributed by atoms with van der Waals surface area (Å²) in [6, 6.07) is 15.4. The van der Waals surface area contributed by atoms with E-state index in [1.165, 1.54) is 32.1 Å². The van der Waals surface area contributed by atoms with Crippen molar-refractivity contribution in [3.05, 3.63) is 83.4 Å². The number of hydrogen-bond acceptors (Lipinski definition) is 14. The van der Waals surface area contributed by atoms with Gasteiger partial charge in [0.1, 0.15) is 35.6 Å². The van der Waals surface area contributed by atoms with Crippen LogP contribution in [-0.4, -0.2) is 110 Å². The summed E-state index contributed by atoms with van der Waals surface area (Å²) in [6.07, 6.45) is -9.43. The van der Waals surface area contributed by atoms with E-state index in [0.29, 0.717) is 5.56 Å². The smallest absolute Gasteiger partial charge is 0.408 e. The van der Waals surface area contributed by atoms with Gasteiger partial charge < -0.3 is 49.4 Å². The quantitative estimate of drug-likeness (QED) is 0.148.